The van der Waals surface area contributed by atoms with Crippen LogP contribution in [0.1, 0.15) is 49.3 Å². The number of thiazole rings is 1. The maximum atomic E-state index is 4.67. The monoisotopic (exact) mass is 632 g/mol. The molecule has 1 saturated heterocycles. The molecule has 0 N–H and O–H groups in total. The maximum Gasteiger partial charge on any atom is 0.230 e. The third kappa shape index (κ3) is 8.01. The van der Waals surface area contributed by atoms with Crippen molar-refractivity contribution >= 4 is 60.6 Å². The van der Waals surface area contributed by atoms with Crippen molar-refractivity contribution < 1.29 is 0 Å². The number of hydrogen-bond acceptors (Lipinski definition) is 10. The van der Waals surface area contributed by atoms with Crippen LogP contribution < -0.4 is 4.90 Å². The van der Waals surface area contributed by atoms with E-state index < -0.39 is 0 Å². The van der Waals surface area contributed by atoms with Crippen LogP contribution in [0.15, 0.2) is 109 Å². The average molecular weight is 633 g/mol. The fraction of sp³-hybridized carbons (Fsp3) is 0.286. The molecule has 5 aromatic rings. The van der Waals surface area contributed by atoms with Crippen molar-refractivity contribution in [2.75, 3.05) is 18.0 Å². The lowest BCUT2D eigenvalue weighted by atomic mass is 10.1. The Kier molecular flexibility index (Phi) is 9.92. The van der Waals surface area contributed by atoms with Gasteiger partial charge in [0, 0.05) is 24.0 Å². The summed E-state index contributed by atoms with van der Waals surface area (Å²) < 4.78 is 0. The van der Waals surface area contributed by atoms with Gasteiger partial charge in [0.1, 0.15) is 5.00 Å². The lowest BCUT2D eigenvalue weighted by molar-refractivity contribution is 0.795. The van der Waals surface area contributed by atoms with Gasteiger partial charge in [0.25, 0.3) is 0 Å². The van der Waals surface area contributed by atoms with Gasteiger partial charge in [-0.25, -0.2) is 4.98 Å². The lowest BCUT2D eigenvalue weighted by Crippen LogP contribution is -2.15. The molecule has 3 heterocycles. The normalized spacial score (nSPS) is 13.7. The van der Waals surface area contributed by atoms with Crippen LogP contribution in [0.5, 0.6) is 0 Å². The van der Waals surface area contributed by atoms with E-state index in [4.69, 9.17) is 0 Å². The summed E-state index contributed by atoms with van der Waals surface area (Å²) in [7, 11) is 0. The average Bonchev–Trinajstić information content (AvgIpc) is 3.85. The van der Waals surface area contributed by atoms with Gasteiger partial charge < -0.3 is 4.90 Å². The van der Waals surface area contributed by atoms with Crippen molar-refractivity contribution in [3.63, 3.8) is 0 Å². The highest BCUT2D eigenvalue weighted by Gasteiger charge is 2.14. The van der Waals surface area contributed by atoms with Crippen molar-refractivity contribution in [3.8, 4) is 11.3 Å². The smallest absolute Gasteiger partial charge is 0.230 e. The second kappa shape index (κ2) is 14.6. The van der Waals surface area contributed by atoms with Crippen LogP contribution in [-0.4, -0.2) is 18.1 Å². The Hall–Kier alpha value is -4.41. The fourth-order valence-electron chi connectivity index (χ4n) is 5.09. The molecular weight excluding hydrogens is 597 g/mol. The maximum absolute atomic E-state index is 4.67. The number of anilines is 1. The third-order valence-corrected chi connectivity index (χ3v) is 9.45. The Balaban J connectivity index is 1.06. The number of thiophene rings is 1. The number of nitrogens with zero attached hydrogens (tertiary/aromatic N) is 8. The molecule has 228 valence electrons. The Labute approximate surface area is 272 Å². The number of rotatable bonds is 11. The van der Waals surface area contributed by atoms with Crippen LogP contribution in [0.2, 0.25) is 0 Å². The van der Waals surface area contributed by atoms with E-state index in [-0.39, 0.29) is 0 Å². The SMILES string of the molecule is CCCCc1ccc(-c2csc(N=Nc3ccc(N=Nc4ccc(N=Nc5ccc(N6CCCC6)s5)cc4C)cc3C)n2)cc1. The first-order chi connectivity index (χ1) is 22.0. The van der Waals surface area contributed by atoms with E-state index in [0.29, 0.717) is 5.13 Å². The van der Waals surface area contributed by atoms with Crippen molar-refractivity contribution in [2.45, 2.75) is 52.9 Å². The second-order valence-corrected chi connectivity index (χ2v) is 13.0. The Morgan fingerprint density at radius 1 is 0.733 bits per heavy atom. The molecule has 1 aliphatic rings. The molecule has 0 amide bonds. The first-order valence-electron chi connectivity index (χ1n) is 15.4. The van der Waals surface area contributed by atoms with Crippen LogP contribution in [0.25, 0.3) is 11.3 Å². The minimum atomic E-state index is 0.629. The van der Waals surface area contributed by atoms with E-state index in [1.165, 1.54) is 47.6 Å². The summed E-state index contributed by atoms with van der Waals surface area (Å²) in [6, 6.07) is 24.4. The van der Waals surface area contributed by atoms with Crippen molar-refractivity contribution in [3.05, 3.63) is 94.9 Å². The minimum Gasteiger partial charge on any atom is -0.363 e. The number of unbranched alkanes of at least 4 members (excludes halogenated alkanes) is 1. The molecule has 6 rings (SSSR count). The molecule has 45 heavy (non-hydrogen) atoms. The summed E-state index contributed by atoms with van der Waals surface area (Å²) in [5, 5.41) is 31.5. The minimum absolute atomic E-state index is 0.629. The van der Waals surface area contributed by atoms with Gasteiger partial charge in [-0.15, -0.1) is 31.8 Å². The molecule has 10 heteroatoms. The van der Waals surface area contributed by atoms with Gasteiger partial charge in [0.2, 0.25) is 5.13 Å². The molecule has 0 spiro atoms. The van der Waals surface area contributed by atoms with Crippen LogP contribution >= 0.6 is 22.7 Å². The largest absolute Gasteiger partial charge is 0.363 e. The molecule has 0 atom stereocenters. The van der Waals surface area contributed by atoms with E-state index in [1.807, 2.05) is 61.7 Å². The molecule has 0 unspecified atom stereocenters. The molecule has 8 nitrogen and oxygen atoms in total. The van der Waals surface area contributed by atoms with Gasteiger partial charge in [0.05, 0.1) is 33.4 Å². The van der Waals surface area contributed by atoms with Crippen LogP contribution in [0.3, 0.4) is 0 Å². The predicted molar refractivity (Wildman–Crippen MR) is 187 cm³/mol. The van der Waals surface area contributed by atoms with E-state index in [9.17, 15) is 0 Å². The highest BCUT2D eigenvalue weighted by atomic mass is 32.1. The Bertz CT molecular complexity index is 1830. The standard InChI is InChI=1S/C35H36N8S2/c1-4-5-8-26-9-11-27(12-10-26)32-23-44-35(36-32)42-40-31-16-13-28(21-25(31)3)37-39-30-15-14-29(22-24(30)2)38-41-33-17-18-34(45-33)43-19-6-7-20-43/h9-18,21-23H,4-8,19-20H2,1-3H3. The van der Waals surface area contributed by atoms with E-state index >= 15 is 0 Å². The number of hydrogen-bond donors (Lipinski definition) is 0. The summed E-state index contributed by atoms with van der Waals surface area (Å²) in [5.74, 6) is 0. The van der Waals surface area contributed by atoms with Crippen LogP contribution in [-0.2, 0) is 6.42 Å². The Morgan fingerprint density at radius 2 is 1.40 bits per heavy atom. The van der Waals surface area contributed by atoms with Crippen LogP contribution in [0.4, 0.5) is 37.9 Å². The summed E-state index contributed by atoms with van der Waals surface area (Å²) in [5.41, 5.74) is 8.43. The number of aryl methyl sites for hydroxylation is 3. The molecule has 0 radical (unpaired) electrons. The molecule has 1 aliphatic heterocycles. The van der Waals surface area contributed by atoms with Gasteiger partial charge in [-0.1, -0.05) is 48.9 Å². The van der Waals surface area contributed by atoms with Crippen molar-refractivity contribution in [1.29, 1.82) is 0 Å². The first-order valence-corrected chi connectivity index (χ1v) is 17.1. The zero-order valence-corrected chi connectivity index (χ0v) is 27.5. The van der Waals surface area contributed by atoms with Gasteiger partial charge in [-0.2, -0.15) is 10.2 Å². The molecule has 0 aliphatic carbocycles. The number of aromatic nitrogens is 1. The summed E-state index contributed by atoms with van der Waals surface area (Å²) >= 11 is 3.17. The first kappa shape index (κ1) is 30.6. The number of azo groups is 3. The highest BCUT2D eigenvalue weighted by molar-refractivity contribution is 7.19. The zero-order valence-electron chi connectivity index (χ0n) is 25.8. The third-order valence-electron chi connectivity index (χ3n) is 7.70. The topological polar surface area (TPSA) is 90.3 Å². The van der Waals surface area contributed by atoms with Gasteiger partial charge in [-0.3, -0.25) is 0 Å². The fourth-order valence-corrected chi connectivity index (χ4v) is 6.61. The zero-order chi connectivity index (χ0) is 31.0. The molecule has 0 bridgehead atoms. The molecule has 0 saturated carbocycles. The lowest BCUT2D eigenvalue weighted by Gasteiger charge is -2.13. The Morgan fingerprint density at radius 3 is 2.07 bits per heavy atom. The van der Waals surface area contributed by atoms with Crippen molar-refractivity contribution in [1.82, 2.24) is 4.98 Å². The molecule has 3 aromatic carbocycles. The van der Waals surface area contributed by atoms with E-state index in [0.717, 1.165) is 69.6 Å². The van der Waals surface area contributed by atoms with Gasteiger partial charge in [-0.05, 0) is 105 Å². The van der Waals surface area contributed by atoms with E-state index in [2.05, 4.69) is 77.8 Å². The summed E-state index contributed by atoms with van der Waals surface area (Å²) in [6.07, 6.45) is 6.05. The predicted octanol–water partition coefficient (Wildman–Crippen LogP) is 12.7. The quantitative estimate of drug-likeness (QED) is 0.136. The summed E-state index contributed by atoms with van der Waals surface area (Å²) in [4.78, 5) is 7.08. The number of benzene rings is 3. The van der Waals surface area contributed by atoms with Crippen molar-refractivity contribution in [2.24, 2.45) is 30.7 Å². The molecular formula is C35H36N8S2. The van der Waals surface area contributed by atoms with Gasteiger partial charge in [0.15, 0.2) is 0 Å². The van der Waals surface area contributed by atoms with E-state index in [1.54, 1.807) is 11.3 Å². The molecule has 2 aromatic heterocycles. The van der Waals surface area contributed by atoms with Gasteiger partial charge >= 0.3 is 0 Å². The highest BCUT2D eigenvalue weighted by Crippen LogP contribution is 2.36. The van der Waals surface area contributed by atoms with Crippen LogP contribution in [0, 0.1) is 13.8 Å². The molecule has 1 fully saturated rings. The summed E-state index contributed by atoms with van der Waals surface area (Å²) in [6.45, 7) is 8.47. The second-order valence-electron chi connectivity index (χ2n) is 11.2.